The van der Waals surface area contributed by atoms with Gasteiger partial charge >= 0.3 is 0 Å². The minimum Gasteiger partial charge on any atom is -0.371 e. The van der Waals surface area contributed by atoms with Gasteiger partial charge in [0, 0.05) is 24.4 Å². The lowest BCUT2D eigenvalue weighted by Gasteiger charge is -2.22. The first-order valence-corrected chi connectivity index (χ1v) is 7.55. The van der Waals surface area contributed by atoms with Gasteiger partial charge in [0.05, 0.1) is 0 Å². The third-order valence-corrected chi connectivity index (χ3v) is 4.47. The van der Waals surface area contributed by atoms with E-state index in [0.717, 1.165) is 6.42 Å². The molecule has 0 atom stereocenters. The summed E-state index contributed by atoms with van der Waals surface area (Å²) in [7, 11) is 0. The Labute approximate surface area is 120 Å². The van der Waals surface area contributed by atoms with Gasteiger partial charge < -0.3 is 4.90 Å². The van der Waals surface area contributed by atoms with Crippen molar-refractivity contribution in [1.82, 2.24) is 4.90 Å². The van der Waals surface area contributed by atoms with Gasteiger partial charge in [-0.3, -0.25) is 0 Å². The molecular weight excluding hydrogens is 242 g/mol. The van der Waals surface area contributed by atoms with Crippen LogP contribution in [0.4, 0.5) is 0 Å². The first-order chi connectivity index (χ1) is 9.92. The lowest BCUT2D eigenvalue weighted by atomic mass is 9.99. The maximum atomic E-state index is 2.56. The largest absolute Gasteiger partial charge is 0.371 e. The summed E-state index contributed by atoms with van der Waals surface area (Å²) in [4.78, 5) is 2.56. The SMILES string of the molecule is C1=C(N2CCCC2)c2ccccc2Cc2ccccc21. The fourth-order valence-electron chi connectivity index (χ4n) is 3.41. The highest BCUT2D eigenvalue weighted by atomic mass is 15.1. The van der Waals surface area contributed by atoms with Crippen molar-refractivity contribution in [1.29, 1.82) is 0 Å². The molecule has 0 spiro atoms. The highest BCUT2D eigenvalue weighted by Crippen LogP contribution is 2.33. The minimum absolute atomic E-state index is 1.04. The molecule has 2 aromatic rings. The molecule has 4 rings (SSSR count). The average Bonchev–Trinajstić information content (AvgIpc) is 2.96. The lowest BCUT2D eigenvalue weighted by molar-refractivity contribution is 0.495. The van der Waals surface area contributed by atoms with Crippen LogP contribution >= 0.6 is 0 Å². The van der Waals surface area contributed by atoms with Crippen LogP contribution in [-0.4, -0.2) is 18.0 Å². The van der Waals surface area contributed by atoms with E-state index in [1.54, 1.807) is 0 Å². The molecule has 0 radical (unpaired) electrons. The molecule has 20 heavy (non-hydrogen) atoms. The molecule has 1 saturated heterocycles. The van der Waals surface area contributed by atoms with Gasteiger partial charge in [0.1, 0.15) is 0 Å². The van der Waals surface area contributed by atoms with E-state index in [1.165, 1.54) is 53.9 Å². The summed E-state index contributed by atoms with van der Waals surface area (Å²) >= 11 is 0. The molecule has 2 aromatic carbocycles. The number of likely N-dealkylation sites (tertiary alicyclic amines) is 1. The Morgan fingerprint density at radius 2 is 1.45 bits per heavy atom. The van der Waals surface area contributed by atoms with Gasteiger partial charge in [-0.15, -0.1) is 0 Å². The van der Waals surface area contributed by atoms with Gasteiger partial charge in [-0.1, -0.05) is 48.5 Å². The Bertz CT molecular complexity index is 663. The molecule has 1 aliphatic carbocycles. The van der Waals surface area contributed by atoms with E-state index in [2.05, 4.69) is 59.5 Å². The van der Waals surface area contributed by atoms with Crippen molar-refractivity contribution in [2.75, 3.05) is 13.1 Å². The van der Waals surface area contributed by atoms with Crippen molar-refractivity contribution >= 4 is 11.8 Å². The van der Waals surface area contributed by atoms with Crippen LogP contribution in [0.15, 0.2) is 48.5 Å². The van der Waals surface area contributed by atoms with Gasteiger partial charge in [-0.05, 0) is 42.0 Å². The molecule has 1 aliphatic heterocycles. The Morgan fingerprint density at radius 1 is 0.750 bits per heavy atom. The summed E-state index contributed by atoms with van der Waals surface area (Å²) in [6, 6.07) is 17.7. The predicted molar refractivity (Wildman–Crippen MR) is 84.4 cm³/mol. The smallest absolute Gasteiger partial charge is 0.0448 e. The molecule has 0 saturated carbocycles. The van der Waals surface area contributed by atoms with Crippen molar-refractivity contribution in [3.05, 3.63) is 70.8 Å². The summed E-state index contributed by atoms with van der Waals surface area (Å²) in [5, 5.41) is 0. The monoisotopic (exact) mass is 261 g/mol. The lowest BCUT2D eigenvalue weighted by Crippen LogP contribution is -2.17. The Kier molecular flexibility index (Phi) is 2.84. The third-order valence-electron chi connectivity index (χ3n) is 4.47. The molecule has 0 N–H and O–H groups in total. The third kappa shape index (κ3) is 1.94. The molecular formula is C19H19N. The highest BCUT2D eigenvalue weighted by molar-refractivity contribution is 5.84. The average molecular weight is 261 g/mol. The van der Waals surface area contributed by atoms with Crippen molar-refractivity contribution in [3.63, 3.8) is 0 Å². The van der Waals surface area contributed by atoms with Gasteiger partial charge in [0.25, 0.3) is 0 Å². The van der Waals surface area contributed by atoms with Crippen molar-refractivity contribution in [2.24, 2.45) is 0 Å². The summed E-state index contributed by atoms with van der Waals surface area (Å²) in [5.41, 5.74) is 7.11. The van der Waals surface area contributed by atoms with Crippen LogP contribution in [0, 0.1) is 0 Å². The minimum atomic E-state index is 1.04. The number of nitrogens with zero attached hydrogens (tertiary/aromatic N) is 1. The van der Waals surface area contributed by atoms with Crippen molar-refractivity contribution < 1.29 is 0 Å². The van der Waals surface area contributed by atoms with E-state index >= 15 is 0 Å². The van der Waals surface area contributed by atoms with E-state index in [0.29, 0.717) is 0 Å². The van der Waals surface area contributed by atoms with E-state index in [9.17, 15) is 0 Å². The molecule has 1 heteroatoms. The van der Waals surface area contributed by atoms with Crippen LogP contribution in [0.25, 0.3) is 11.8 Å². The number of rotatable bonds is 1. The molecule has 1 fully saturated rings. The van der Waals surface area contributed by atoms with Crippen LogP contribution in [0.5, 0.6) is 0 Å². The van der Waals surface area contributed by atoms with Gasteiger partial charge in [-0.2, -0.15) is 0 Å². The van der Waals surface area contributed by atoms with Crippen molar-refractivity contribution in [2.45, 2.75) is 19.3 Å². The first-order valence-electron chi connectivity index (χ1n) is 7.55. The van der Waals surface area contributed by atoms with Crippen LogP contribution < -0.4 is 0 Å². The maximum absolute atomic E-state index is 2.56. The van der Waals surface area contributed by atoms with E-state index in [1.807, 2.05) is 0 Å². The van der Waals surface area contributed by atoms with Crippen LogP contribution in [0.2, 0.25) is 0 Å². The summed E-state index contributed by atoms with van der Waals surface area (Å²) in [5.74, 6) is 0. The fourth-order valence-corrected chi connectivity index (χ4v) is 3.41. The van der Waals surface area contributed by atoms with E-state index in [-0.39, 0.29) is 0 Å². The summed E-state index contributed by atoms with van der Waals surface area (Å²) in [6.45, 7) is 2.39. The molecule has 1 heterocycles. The summed E-state index contributed by atoms with van der Waals surface area (Å²) < 4.78 is 0. The number of hydrogen-bond donors (Lipinski definition) is 0. The topological polar surface area (TPSA) is 3.24 Å². The van der Waals surface area contributed by atoms with E-state index < -0.39 is 0 Å². The van der Waals surface area contributed by atoms with Gasteiger partial charge in [-0.25, -0.2) is 0 Å². The second kappa shape index (κ2) is 4.82. The fraction of sp³-hybridized carbons (Fsp3) is 0.263. The normalized spacial score (nSPS) is 17.2. The molecule has 1 nitrogen and oxygen atoms in total. The Balaban J connectivity index is 1.91. The number of hydrogen-bond acceptors (Lipinski definition) is 1. The molecule has 0 aromatic heterocycles. The van der Waals surface area contributed by atoms with E-state index in [4.69, 9.17) is 0 Å². The zero-order valence-corrected chi connectivity index (χ0v) is 11.7. The Morgan fingerprint density at radius 3 is 2.30 bits per heavy atom. The molecule has 0 unspecified atom stereocenters. The predicted octanol–water partition coefficient (Wildman–Crippen LogP) is 4.18. The zero-order valence-electron chi connectivity index (χ0n) is 11.7. The number of benzene rings is 2. The second-order valence-corrected chi connectivity index (χ2v) is 5.76. The first kappa shape index (κ1) is 11.8. The van der Waals surface area contributed by atoms with Crippen molar-refractivity contribution in [3.8, 4) is 0 Å². The van der Waals surface area contributed by atoms with Gasteiger partial charge in [0.15, 0.2) is 0 Å². The number of fused-ring (bicyclic) bond motifs is 2. The quantitative estimate of drug-likeness (QED) is 0.744. The highest BCUT2D eigenvalue weighted by Gasteiger charge is 2.21. The summed E-state index contributed by atoms with van der Waals surface area (Å²) in [6.07, 6.45) is 6.08. The van der Waals surface area contributed by atoms with Crippen LogP contribution in [-0.2, 0) is 6.42 Å². The van der Waals surface area contributed by atoms with Crippen LogP contribution in [0.3, 0.4) is 0 Å². The standard InChI is InChI=1S/C19H19N/c1-2-8-16-14-19(20-11-5-6-12-20)18-10-4-3-9-17(18)13-15(16)7-1/h1-4,7-10,14H,5-6,11-13H2. The molecule has 0 amide bonds. The van der Waals surface area contributed by atoms with Crippen LogP contribution in [0.1, 0.15) is 35.1 Å². The zero-order chi connectivity index (χ0) is 13.4. The Hall–Kier alpha value is -2.02. The molecule has 100 valence electrons. The molecule has 0 bridgehead atoms. The molecule has 2 aliphatic rings. The second-order valence-electron chi connectivity index (χ2n) is 5.76. The van der Waals surface area contributed by atoms with Gasteiger partial charge in [0.2, 0.25) is 0 Å². The maximum Gasteiger partial charge on any atom is 0.0448 e.